The molecule has 0 radical (unpaired) electrons. The predicted octanol–water partition coefficient (Wildman–Crippen LogP) is 8.57. The first kappa shape index (κ1) is 25.3. The van der Waals surface area contributed by atoms with Crippen LogP contribution >= 0.6 is 11.3 Å². The molecule has 5 nitrogen and oxygen atoms in total. The molecule has 0 aliphatic carbocycles. The normalized spacial score (nSPS) is 16.1. The summed E-state index contributed by atoms with van der Waals surface area (Å²) in [6.07, 6.45) is 2.78. The fourth-order valence-corrected chi connectivity index (χ4v) is 6.23. The lowest BCUT2D eigenvalue weighted by atomic mass is 9.89. The Hall–Kier alpha value is -3.95. The standard InChI is InChI=1S/C33H31N3O2S/c1-4-6-24(18-25-19-34-36-35-25)23-10-12-26(13-11-23)37-20-22-9-14-32-29(17-22)30(21-39-32)27-7-5-8-31-28(27)15-16-33(2,3)38-31/h5,7-14,17,21,24H,15-16,18-20H2,1-3H3/t24-/m0/s1. The topological polar surface area (TPSA) is 55.5 Å². The number of hydrogen-bond donors (Lipinski definition) is 0. The summed E-state index contributed by atoms with van der Waals surface area (Å²) in [7, 11) is 0. The van der Waals surface area contributed by atoms with E-state index < -0.39 is 0 Å². The molecule has 0 N–H and O–H groups in total. The molecule has 0 unspecified atom stereocenters. The SMILES string of the molecule is CC#C[C@@H](CC1=NN=NC1)c1ccc(OCc2ccc3scc(-c4cccc5c4CCC(C)(C)O5)c3c2)cc1. The average molecular weight is 534 g/mol. The fourth-order valence-electron chi connectivity index (χ4n) is 5.29. The number of thiophene rings is 1. The lowest BCUT2D eigenvalue weighted by Gasteiger charge is -2.33. The van der Waals surface area contributed by atoms with Crippen molar-refractivity contribution in [2.45, 2.75) is 58.2 Å². The van der Waals surface area contributed by atoms with Crippen LogP contribution in [-0.2, 0) is 13.0 Å². The summed E-state index contributed by atoms with van der Waals surface area (Å²) < 4.78 is 13.8. The van der Waals surface area contributed by atoms with Crippen LogP contribution in [0.2, 0.25) is 0 Å². The quantitative estimate of drug-likeness (QED) is 0.223. The van der Waals surface area contributed by atoms with Crippen LogP contribution in [0.15, 0.2) is 81.5 Å². The van der Waals surface area contributed by atoms with Crippen LogP contribution in [0.25, 0.3) is 21.2 Å². The van der Waals surface area contributed by atoms with Crippen LogP contribution in [0.1, 0.15) is 56.2 Å². The molecule has 1 atom stereocenters. The Bertz CT molecular complexity index is 1640. The van der Waals surface area contributed by atoms with Crippen LogP contribution in [-0.4, -0.2) is 17.9 Å². The van der Waals surface area contributed by atoms with Gasteiger partial charge in [0, 0.05) is 27.6 Å². The van der Waals surface area contributed by atoms with Crippen molar-refractivity contribution in [2.75, 3.05) is 6.54 Å². The van der Waals surface area contributed by atoms with E-state index in [1.54, 1.807) is 11.3 Å². The van der Waals surface area contributed by atoms with E-state index in [9.17, 15) is 0 Å². The second-order valence-electron chi connectivity index (χ2n) is 10.7. The fraction of sp³-hybridized carbons (Fsp3) is 0.303. The first-order chi connectivity index (χ1) is 19.0. The minimum Gasteiger partial charge on any atom is -0.489 e. The highest BCUT2D eigenvalue weighted by molar-refractivity contribution is 7.17. The number of hydrogen-bond acceptors (Lipinski definition) is 6. The molecule has 0 amide bonds. The Morgan fingerprint density at radius 2 is 1.95 bits per heavy atom. The monoisotopic (exact) mass is 533 g/mol. The smallest absolute Gasteiger partial charge is 0.123 e. The van der Waals surface area contributed by atoms with Crippen LogP contribution < -0.4 is 9.47 Å². The van der Waals surface area contributed by atoms with Crippen molar-refractivity contribution in [3.63, 3.8) is 0 Å². The summed E-state index contributed by atoms with van der Waals surface area (Å²) in [6, 6.07) is 21.3. The molecule has 2 aliphatic rings. The third kappa shape index (κ3) is 5.46. The number of rotatable bonds is 7. The van der Waals surface area contributed by atoms with E-state index in [0.29, 0.717) is 13.2 Å². The van der Waals surface area contributed by atoms with Gasteiger partial charge in [0.05, 0.1) is 11.6 Å². The second-order valence-corrected chi connectivity index (χ2v) is 11.6. The van der Waals surface area contributed by atoms with E-state index in [4.69, 9.17) is 9.47 Å². The second kappa shape index (κ2) is 10.7. The van der Waals surface area contributed by atoms with Gasteiger partial charge < -0.3 is 9.47 Å². The van der Waals surface area contributed by atoms with Gasteiger partial charge in [0.25, 0.3) is 0 Å². The molecule has 0 spiro atoms. The molecule has 1 aromatic heterocycles. The maximum absolute atomic E-state index is 6.31. The minimum atomic E-state index is -0.119. The zero-order valence-corrected chi connectivity index (χ0v) is 23.3. The van der Waals surface area contributed by atoms with Crippen LogP contribution in [0.4, 0.5) is 0 Å². The molecular formula is C33H31N3O2S. The van der Waals surface area contributed by atoms with Gasteiger partial charge in [0.15, 0.2) is 0 Å². The van der Waals surface area contributed by atoms with E-state index in [-0.39, 0.29) is 11.5 Å². The summed E-state index contributed by atoms with van der Waals surface area (Å²) in [4.78, 5) is 0. The minimum absolute atomic E-state index is 0.0749. The summed E-state index contributed by atoms with van der Waals surface area (Å²) in [5, 5.41) is 15.3. The van der Waals surface area contributed by atoms with E-state index in [2.05, 4.69) is 95.0 Å². The maximum atomic E-state index is 6.31. The molecule has 196 valence electrons. The van der Waals surface area contributed by atoms with Gasteiger partial charge in [0.1, 0.15) is 30.3 Å². The predicted molar refractivity (Wildman–Crippen MR) is 159 cm³/mol. The highest BCUT2D eigenvalue weighted by Crippen LogP contribution is 2.42. The number of fused-ring (bicyclic) bond motifs is 2. The van der Waals surface area contributed by atoms with Crippen LogP contribution in [0.5, 0.6) is 11.5 Å². The summed E-state index contributed by atoms with van der Waals surface area (Å²) in [5.41, 5.74) is 7.01. The molecule has 2 aliphatic heterocycles. The van der Waals surface area contributed by atoms with Crippen molar-refractivity contribution >= 4 is 27.1 Å². The molecule has 0 bridgehead atoms. The van der Waals surface area contributed by atoms with Crippen molar-refractivity contribution in [3.05, 3.63) is 82.7 Å². The van der Waals surface area contributed by atoms with Crippen LogP contribution in [0, 0.1) is 11.8 Å². The molecule has 0 saturated heterocycles. The Labute approximate surface area is 233 Å². The van der Waals surface area contributed by atoms with Gasteiger partial charge >= 0.3 is 0 Å². The zero-order valence-electron chi connectivity index (χ0n) is 22.5. The molecule has 3 heterocycles. The van der Waals surface area contributed by atoms with Crippen molar-refractivity contribution in [1.29, 1.82) is 0 Å². The van der Waals surface area contributed by atoms with Crippen molar-refractivity contribution in [2.24, 2.45) is 15.4 Å². The molecule has 3 aromatic carbocycles. The lowest BCUT2D eigenvalue weighted by Crippen LogP contribution is -2.32. The first-order valence-corrected chi connectivity index (χ1v) is 14.3. The highest BCUT2D eigenvalue weighted by atomic mass is 32.1. The maximum Gasteiger partial charge on any atom is 0.123 e. The van der Waals surface area contributed by atoms with Gasteiger partial charge in [-0.1, -0.05) is 36.3 Å². The van der Waals surface area contributed by atoms with Crippen molar-refractivity contribution < 1.29 is 9.47 Å². The molecule has 0 saturated carbocycles. The van der Waals surface area contributed by atoms with Crippen molar-refractivity contribution in [1.82, 2.24) is 0 Å². The van der Waals surface area contributed by atoms with E-state index in [0.717, 1.165) is 47.6 Å². The number of benzene rings is 3. The van der Waals surface area contributed by atoms with E-state index >= 15 is 0 Å². The van der Waals surface area contributed by atoms with Gasteiger partial charge in [-0.25, -0.2) is 0 Å². The Morgan fingerprint density at radius 1 is 1.08 bits per heavy atom. The Kier molecular flexibility index (Phi) is 6.93. The molecule has 6 heteroatoms. The van der Waals surface area contributed by atoms with E-state index in [1.165, 1.54) is 26.8 Å². The third-order valence-corrected chi connectivity index (χ3v) is 8.34. The molecule has 39 heavy (non-hydrogen) atoms. The van der Waals surface area contributed by atoms with Crippen molar-refractivity contribution in [3.8, 4) is 34.5 Å². The highest BCUT2D eigenvalue weighted by Gasteiger charge is 2.28. The van der Waals surface area contributed by atoms with Gasteiger partial charge in [-0.2, -0.15) is 5.11 Å². The average Bonchev–Trinajstić information content (AvgIpc) is 3.61. The Morgan fingerprint density at radius 3 is 2.74 bits per heavy atom. The molecular weight excluding hydrogens is 502 g/mol. The number of ether oxygens (including phenoxy) is 2. The van der Waals surface area contributed by atoms with E-state index in [1.807, 2.05) is 19.1 Å². The lowest BCUT2D eigenvalue weighted by molar-refractivity contribution is 0.0849. The van der Waals surface area contributed by atoms with Gasteiger partial charge in [-0.15, -0.1) is 22.4 Å². The first-order valence-electron chi connectivity index (χ1n) is 13.4. The van der Waals surface area contributed by atoms with Gasteiger partial charge in [0.2, 0.25) is 0 Å². The summed E-state index contributed by atoms with van der Waals surface area (Å²) >= 11 is 1.79. The molecule has 0 fully saturated rings. The third-order valence-electron chi connectivity index (χ3n) is 7.37. The number of nitrogens with zero attached hydrogens (tertiary/aromatic N) is 3. The van der Waals surface area contributed by atoms with Gasteiger partial charge in [-0.3, -0.25) is 0 Å². The van der Waals surface area contributed by atoms with Gasteiger partial charge in [-0.05, 0) is 91.2 Å². The summed E-state index contributed by atoms with van der Waals surface area (Å²) in [5.74, 6) is 8.27. The summed E-state index contributed by atoms with van der Waals surface area (Å²) in [6.45, 7) is 7.27. The van der Waals surface area contributed by atoms with Crippen LogP contribution in [0.3, 0.4) is 0 Å². The Balaban J connectivity index is 1.19. The zero-order chi connectivity index (χ0) is 26.8. The largest absolute Gasteiger partial charge is 0.489 e. The molecule has 4 aromatic rings. The molecule has 6 rings (SSSR count).